The van der Waals surface area contributed by atoms with E-state index in [1.165, 1.54) is 6.08 Å². The zero-order chi connectivity index (χ0) is 19.1. The van der Waals surface area contributed by atoms with Crippen LogP contribution >= 0.6 is 0 Å². The minimum Gasteiger partial charge on any atom is -0.378 e. The predicted molar refractivity (Wildman–Crippen MR) is 106 cm³/mol. The monoisotopic (exact) mass is 366 g/mol. The highest BCUT2D eigenvalue weighted by molar-refractivity contribution is 5.87. The van der Waals surface area contributed by atoms with E-state index in [1.54, 1.807) is 0 Å². The Labute approximate surface area is 159 Å². The molecule has 0 aliphatic carbocycles. The molecule has 2 unspecified atom stereocenters. The average molecular weight is 366 g/mol. The zero-order valence-corrected chi connectivity index (χ0v) is 15.4. The van der Waals surface area contributed by atoms with Crippen LogP contribution in [0.3, 0.4) is 0 Å². The third kappa shape index (κ3) is 5.41. The molecule has 1 aliphatic rings. The summed E-state index contributed by atoms with van der Waals surface area (Å²) in [5, 5.41) is 8.08. The first-order chi connectivity index (χ1) is 13.2. The number of hydrogen-bond donors (Lipinski definition) is 2. The second-order valence-corrected chi connectivity index (χ2v) is 6.87. The zero-order valence-electron chi connectivity index (χ0n) is 15.4. The molecule has 2 aromatic rings. The molecular formula is C22H26N2O3. The van der Waals surface area contributed by atoms with Gasteiger partial charge < -0.3 is 15.4 Å². The maximum atomic E-state index is 12.5. The molecule has 27 heavy (non-hydrogen) atoms. The number of rotatable bonds is 7. The van der Waals surface area contributed by atoms with Crippen molar-refractivity contribution in [2.75, 3.05) is 13.2 Å². The van der Waals surface area contributed by atoms with Gasteiger partial charge in [-0.1, -0.05) is 43.0 Å². The maximum absolute atomic E-state index is 12.5. The van der Waals surface area contributed by atoms with Crippen LogP contribution in [0.15, 0.2) is 55.1 Å². The van der Waals surface area contributed by atoms with Crippen molar-refractivity contribution in [1.82, 2.24) is 10.6 Å². The average Bonchev–Trinajstić information content (AvgIpc) is 2.71. The second kappa shape index (κ2) is 9.33. The summed E-state index contributed by atoms with van der Waals surface area (Å²) < 4.78 is 5.67. The summed E-state index contributed by atoms with van der Waals surface area (Å²) in [4.78, 5) is 24.1. The first-order valence-corrected chi connectivity index (χ1v) is 9.45. The summed E-state index contributed by atoms with van der Waals surface area (Å²) in [6.45, 7) is 4.50. The van der Waals surface area contributed by atoms with Gasteiger partial charge in [-0.25, -0.2) is 0 Å². The van der Waals surface area contributed by atoms with Gasteiger partial charge in [0.05, 0.1) is 18.6 Å². The number of hydrogen-bond acceptors (Lipinski definition) is 3. The summed E-state index contributed by atoms with van der Waals surface area (Å²) in [7, 11) is 0. The van der Waals surface area contributed by atoms with Gasteiger partial charge in [0.2, 0.25) is 11.8 Å². The van der Waals surface area contributed by atoms with Crippen LogP contribution in [0, 0.1) is 0 Å². The van der Waals surface area contributed by atoms with Gasteiger partial charge in [-0.05, 0) is 47.7 Å². The number of ether oxygens (including phenoxy) is 1. The molecule has 1 heterocycles. The molecule has 5 heteroatoms. The predicted octanol–water partition coefficient (Wildman–Crippen LogP) is 3.26. The van der Waals surface area contributed by atoms with Crippen LogP contribution in [0.1, 0.15) is 37.3 Å². The van der Waals surface area contributed by atoms with Crippen molar-refractivity contribution in [2.24, 2.45) is 0 Å². The lowest BCUT2D eigenvalue weighted by molar-refractivity contribution is -0.126. The van der Waals surface area contributed by atoms with Gasteiger partial charge in [-0.15, -0.1) is 0 Å². The highest BCUT2D eigenvalue weighted by Crippen LogP contribution is 2.21. The first kappa shape index (κ1) is 19.1. The maximum Gasteiger partial charge on any atom is 0.243 e. The molecule has 1 aliphatic heterocycles. The van der Waals surface area contributed by atoms with Crippen molar-refractivity contribution in [3.05, 3.63) is 60.7 Å². The van der Waals surface area contributed by atoms with Crippen LogP contribution < -0.4 is 10.6 Å². The summed E-state index contributed by atoms with van der Waals surface area (Å²) in [6.07, 6.45) is 4.64. The van der Waals surface area contributed by atoms with E-state index in [0.717, 1.165) is 42.2 Å². The smallest absolute Gasteiger partial charge is 0.243 e. The molecule has 1 saturated heterocycles. The lowest BCUT2D eigenvalue weighted by atomic mass is 10.0. The van der Waals surface area contributed by atoms with Crippen molar-refractivity contribution in [1.29, 1.82) is 0 Å². The SMILES string of the molecule is C=CC(=O)NCC(NC(=O)CC1CCCCO1)c1ccc2ccccc2c1. The van der Waals surface area contributed by atoms with Crippen molar-refractivity contribution in [3.8, 4) is 0 Å². The minimum atomic E-state index is -0.311. The van der Waals surface area contributed by atoms with E-state index in [1.807, 2.05) is 36.4 Å². The van der Waals surface area contributed by atoms with E-state index >= 15 is 0 Å². The van der Waals surface area contributed by atoms with E-state index in [9.17, 15) is 9.59 Å². The number of amides is 2. The lowest BCUT2D eigenvalue weighted by Gasteiger charge is -2.24. The van der Waals surface area contributed by atoms with Crippen LogP contribution in [0.4, 0.5) is 0 Å². The number of fused-ring (bicyclic) bond motifs is 1. The Morgan fingerprint density at radius 2 is 2.00 bits per heavy atom. The Balaban J connectivity index is 1.73. The molecule has 2 amide bonds. The molecule has 0 saturated carbocycles. The highest BCUT2D eigenvalue weighted by atomic mass is 16.5. The summed E-state index contributed by atoms with van der Waals surface area (Å²) in [5.41, 5.74) is 0.955. The quantitative estimate of drug-likeness (QED) is 0.739. The van der Waals surface area contributed by atoms with Crippen LogP contribution in [-0.2, 0) is 14.3 Å². The Hall–Kier alpha value is -2.66. The largest absolute Gasteiger partial charge is 0.378 e. The van der Waals surface area contributed by atoms with Crippen molar-refractivity contribution in [3.63, 3.8) is 0 Å². The van der Waals surface area contributed by atoms with Gasteiger partial charge in [0.25, 0.3) is 0 Å². The molecule has 142 valence electrons. The number of carbonyl (C=O) groups is 2. The molecule has 0 aromatic heterocycles. The Morgan fingerprint density at radius 3 is 2.74 bits per heavy atom. The van der Waals surface area contributed by atoms with Gasteiger partial charge in [0, 0.05) is 13.2 Å². The van der Waals surface area contributed by atoms with Gasteiger partial charge in [-0.2, -0.15) is 0 Å². The van der Waals surface area contributed by atoms with Crippen molar-refractivity contribution >= 4 is 22.6 Å². The fourth-order valence-electron chi connectivity index (χ4n) is 3.38. The minimum absolute atomic E-state index is 0.0150. The molecule has 3 rings (SSSR count). The van der Waals surface area contributed by atoms with Gasteiger partial charge in [-0.3, -0.25) is 9.59 Å². The Kier molecular flexibility index (Phi) is 6.60. The standard InChI is InChI=1S/C22H26N2O3/c1-2-21(25)23-15-20(24-22(26)14-19-9-5-6-12-27-19)18-11-10-16-7-3-4-8-17(16)13-18/h2-4,7-8,10-11,13,19-20H,1,5-6,9,12,14-15H2,(H,23,25)(H,24,26). The molecular weight excluding hydrogens is 340 g/mol. The normalized spacial score (nSPS) is 17.9. The van der Waals surface area contributed by atoms with Gasteiger partial charge in [0.1, 0.15) is 0 Å². The van der Waals surface area contributed by atoms with Gasteiger partial charge >= 0.3 is 0 Å². The summed E-state index contributed by atoms with van der Waals surface area (Å²) in [6, 6.07) is 13.8. The molecule has 0 radical (unpaired) electrons. The van der Waals surface area contributed by atoms with E-state index in [-0.39, 0.29) is 24.0 Å². The third-order valence-corrected chi connectivity index (χ3v) is 4.86. The third-order valence-electron chi connectivity index (χ3n) is 4.86. The Morgan fingerprint density at radius 1 is 1.19 bits per heavy atom. The summed E-state index contributed by atoms with van der Waals surface area (Å²) >= 11 is 0. The lowest BCUT2D eigenvalue weighted by Crippen LogP contribution is -2.39. The first-order valence-electron chi connectivity index (χ1n) is 9.45. The molecule has 0 bridgehead atoms. The van der Waals surface area contributed by atoms with Crippen LogP contribution in [0.5, 0.6) is 0 Å². The van der Waals surface area contributed by atoms with E-state index in [2.05, 4.69) is 23.3 Å². The molecule has 2 N–H and O–H groups in total. The molecule has 2 aromatic carbocycles. The molecule has 0 spiro atoms. The number of benzene rings is 2. The van der Waals surface area contributed by atoms with Crippen molar-refractivity contribution in [2.45, 2.75) is 37.8 Å². The topological polar surface area (TPSA) is 67.4 Å². The molecule has 1 fully saturated rings. The van der Waals surface area contributed by atoms with E-state index < -0.39 is 0 Å². The highest BCUT2D eigenvalue weighted by Gasteiger charge is 2.21. The number of nitrogens with one attached hydrogen (secondary N) is 2. The van der Waals surface area contributed by atoms with E-state index in [4.69, 9.17) is 4.74 Å². The molecule has 5 nitrogen and oxygen atoms in total. The van der Waals surface area contributed by atoms with Gasteiger partial charge in [0.15, 0.2) is 0 Å². The Bertz CT molecular complexity index is 812. The van der Waals surface area contributed by atoms with Crippen LogP contribution in [0.25, 0.3) is 10.8 Å². The second-order valence-electron chi connectivity index (χ2n) is 6.87. The fourth-order valence-corrected chi connectivity index (χ4v) is 3.38. The summed E-state index contributed by atoms with van der Waals surface area (Å²) in [5.74, 6) is -0.321. The molecule has 2 atom stereocenters. The number of carbonyl (C=O) groups excluding carboxylic acids is 2. The van der Waals surface area contributed by atoms with Crippen molar-refractivity contribution < 1.29 is 14.3 Å². The fraction of sp³-hybridized carbons (Fsp3) is 0.364. The van der Waals surface area contributed by atoms with Crippen LogP contribution in [-0.4, -0.2) is 31.1 Å². The van der Waals surface area contributed by atoms with E-state index in [0.29, 0.717) is 13.0 Å². The van der Waals surface area contributed by atoms with Crippen LogP contribution in [0.2, 0.25) is 0 Å².